The summed E-state index contributed by atoms with van der Waals surface area (Å²) in [6, 6.07) is 9.67. The van der Waals surface area contributed by atoms with Crippen molar-refractivity contribution in [3.63, 3.8) is 0 Å². The minimum Gasteiger partial charge on any atom is -0.465 e. The van der Waals surface area contributed by atoms with Crippen LogP contribution in [-0.2, 0) is 9.47 Å². The lowest BCUT2D eigenvalue weighted by Gasteiger charge is -2.31. The van der Waals surface area contributed by atoms with Crippen LogP contribution in [-0.4, -0.2) is 45.3 Å². The molecule has 0 unspecified atom stereocenters. The van der Waals surface area contributed by atoms with Crippen molar-refractivity contribution < 1.29 is 19.0 Å². The van der Waals surface area contributed by atoms with Crippen LogP contribution in [0.2, 0.25) is 25.7 Å². The third-order valence-electron chi connectivity index (χ3n) is 4.99. The molecule has 0 saturated heterocycles. The van der Waals surface area contributed by atoms with Crippen LogP contribution in [0.5, 0.6) is 5.75 Å². The fourth-order valence-corrected chi connectivity index (χ4v) is 4.09. The standard InChI is InChI=1S/C23H40N2O4Si/c1-23(2,3)29-22(26)25-19-13-11-18(12-14-19)24-20-9-7-8-10-21(20)28-17-27-15-16-30(4,5)6/h7-10,18-19,24H,11-17H2,1-6H3,(H,25,26). The number of alkyl carbamates (subject to hydrolysis) is 1. The molecule has 0 atom stereocenters. The third kappa shape index (κ3) is 9.85. The number of amides is 1. The molecule has 1 amide bonds. The van der Waals surface area contributed by atoms with E-state index in [0.29, 0.717) is 6.04 Å². The van der Waals surface area contributed by atoms with Crippen molar-refractivity contribution in [1.29, 1.82) is 0 Å². The van der Waals surface area contributed by atoms with E-state index in [2.05, 4.69) is 30.3 Å². The monoisotopic (exact) mass is 436 g/mol. The maximum absolute atomic E-state index is 12.0. The first-order valence-corrected chi connectivity index (χ1v) is 14.8. The van der Waals surface area contributed by atoms with Gasteiger partial charge in [-0.2, -0.15) is 0 Å². The van der Waals surface area contributed by atoms with E-state index >= 15 is 0 Å². The minimum atomic E-state index is -1.08. The number of hydrogen-bond acceptors (Lipinski definition) is 5. The Kier molecular flexibility index (Phi) is 9.03. The van der Waals surface area contributed by atoms with Crippen LogP contribution in [0.15, 0.2) is 24.3 Å². The molecule has 0 aromatic heterocycles. The van der Waals surface area contributed by atoms with Crippen molar-refractivity contribution in [2.45, 2.75) is 89.8 Å². The number of nitrogens with one attached hydrogen (secondary N) is 2. The van der Waals surface area contributed by atoms with Crippen LogP contribution in [0.4, 0.5) is 10.5 Å². The quantitative estimate of drug-likeness (QED) is 0.298. The molecule has 1 aliphatic rings. The van der Waals surface area contributed by atoms with Gasteiger partial charge in [-0.05, 0) is 64.6 Å². The molecule has 0 spiro atoms. The molecule has 170 valence electrons. The zero-order valence-corrected chi connectivity index (χ0v) is 20.5. The Hall–Kier alpha value is -1.73. The summed E-state index contributed by atoms with van der Waals surface area (Å²) in [6.07, 6.45) is 3.51. The molecule has 30 heavy (non-hydrogen) atoms. The summed E-state index contributed by atoms with van der Waals surface area (Å²) in [7, 11) is -1.08. The molecule has 1 aliphatic carbocycles. The third-order valence-corrected chi connectivity index (χ3v) is 6.69. The first-order valence-electron chi connectivity index (χ1n) is 11.1. The fourth-order valence-electron chi connectivity index (χ4n) is 3.33. The molecule has 2 rings (SSSR count). The smallest absolute Gasteiger partial charge is 0.407 e. The van der Waals surface area contributed by atoms with Crippen LogP contribution < -0.4 is 15.4 Å². The van der Waals surface area contributed by atoms with Gasteiger partial charge in [0.1, 0.15) is 11.4 Å². The van der Waals surface area contributed by atoms with Gasteiger partial charge < -0.3 is 24.8 Å². The maximum atomic E-state index is 12.0. The zero-order chi connectivity index (χ0) is 22.2. The Morgan fingerprint density at radius 1 is 1.07 bits per heavy atom. The van der Waals surface area contributed by atoms with Crippen molar-refractivity contribution in [2.24, 2.45) is 0 Å². The molecule has 1 saturated carbocycles. The number of anilines is 1. The summed E-state index contributed by atoms with van der Waals surface area (Å²) < 4.78 is 16.9. The lowest BCUT2D eigenvalue weighted by atomic mass is 9.91. The number of carbonyl (C=O) groups is 1. The molecule has 1 aromatic carbocycles. The van der Waals surface area contributed by atoms with Crippen molar-refractivity contribution >= 4 is 19.9 Å². The maximum Gasteiger partial charge on any atom is 0.407 e. The Labute approximate surface area is 183 Å². The highest BCUT2D eigenvalue weighted by Crippen LogP contribution is 2.28. The van der Waals surface area contributed by atoms with Crippen molar-refractivity contribution in [3.05, 3.63) is 24.3 Å². The van der Waals surface area contributed by atoms with E-state index in [9.17, 15) is 4.79 Å². The Bertz CT molecular complexity index is 662. The second-order valence-corrected chi connectivity index (χ2v) is 15.9. The molecule has 2 N–H and O–H groups in total. The van der Waals surface area contributed by atoms with Crippen LogP contribution in [0.3, 0.4) is 0 Å². The van der Waals surface area contributed by atoms with Gasteiger partial charge in [0, 0.05) is 26.8 Å². The molecule has 6 nitrogen and oxygen atoms in total. The van der Waals surface area contributed by atoms with Crippen LogP contribution in [0.25, 0.3) is 0 Å². The molecule has 0 heterocycles. The Balaban J connectivity index is 1.75. The second kappa shape index (κ2) is 11.0. The number of para-hydroxylation sites is 2. The predicted molar refractivity (Wildman–Crippen MR) is 125 cm³/mol. The van der Waals surface area contributed by atoms with Gasteiger partial charge in [-0.3, -0.25) is 0 Å². The van der Waals surface area contributed by atoms with E-state index in [1.54, 1.807) is 0 Å². The SMILES string of the molecule is CC(C)(C)OC(=O)NC1CCC(Nc2ccccc2OCOCC[Si](C)(C)C)CC1. The lowest BCUT2D eigenvalue weighted by Crippen LogP contribution is -2.42. The van der Waals surface area contributed by atoms with Gasteiger partial charge in [0.15, 0.2) is 6.79 Å². The van der Waals surface area contributed by atoms with Gasteiger partial charge >= 0.3 is 6.09 Å². The number of benzene rings is 1. The predicted octanol–water partition coefficient (Wildman–Crippen LogP) is 5.63. The summed E-state index contributed by atoms with van der Waals surface area (Å²) in [4.78, 5) is 12.0. The second-order valence-electron chi connectivity index (χ2n) is 10.3. The summed E-state index contributed by atoms with van der Waals surface area (Å²) in [5.41, 5.74) is 0.528. The van der Waals surface area contributed by atoms with Gasteiger partial charge in [0.25, 0.3) is 0 Å². The van der Waals surface area contributed by atoms with Crippen molar-refractivity contribution in [3.8, 4) is 5.75 Å². The van der Waals surface area contributed by atoms with Crippen molar-refractivity contribution in [2.75, 3.05) is 18.7 Å². The van der Waals surface area contributed by atoms with Gasteiger partial charge in [-0.15, -0.1) is 0 Å². The summed E-state index contributed by atoms with van der Waals surface area (Å²) in [6.45, 7) is 13.7. The summed E-state index contributed by atoms with van der Waals surface area (Å²) in [5, 5.41) is 6.60. The molecular weight excluding hydrogens is 396 g/mol. The Morgan fingerprint density at radius 2 is 1.70 bits per heavy atom. The molecule has 1 fully saturated rings. The van der Waals surface area contributed by atoms with Crippen LogP contribution >= 0.6 is 0 Å². The zero-order valence-electron chi connectivity index (χ0n) is 19.5. The number of carbonyl (C=O) groups excluding carboxylic acids is 1. The topological polar surface area (TPSA) is 68.8 Å². The van der Waals surface area contributed by atoms with E-state index in [4.69, 9.17) is 14.2 Å². The number of ether oxygens (including phenoxy) is 3. The first-order chi connectivity index (χ1) is 14.0. The van der Waals surface area contributed by atoms with E-state index in [0.717, 1.165) is 49.8 Å². The average molecular weight is 437 g/mol. The minimum absolute atomic E-state index is 0.171. The molecule has 1 aromatic rings. The highest BCUT2D eigenvalue weighted by Gasteiger charge is 2.25. The normalized spacial score (nSPS) is 19.8. The van der Waals surface area contributed by atoms with Gasteiger partial charge in [0.05, 0.1) is 5.69 Å². The number of hydrogen-bond donors (Lipinski definition) is 2. The first kappa shape index (κ1) is 24.5. The van der Waals surface area contributed by atoms with E-state index < -0.39 is 13.7 Å². The largest absolute Gasteiger partial charge is 0.465 e. The molecule has 0 bridgehead atoms. The molecule has 0 aliphatic heterocycles. The Morgan fingerprint density at radius 3 is 2.33 bits per heavy atom. The van der Waals surface area contributed by atoms with E-state index in [-0.39, 0.29) is 18.9 Å². The molecule has 0 radical (unpaired) electrons. The highest BCUT2D eigenvalue weighted by molar-refractivity contribution is 6.76. The lowest BCUT2D eigenvalue weighted by molar-refractivity contribution is 0.0224. The van der Waals surface area contributed by atoms with Crippen LogP contribution in [0.1, 0.15) is 46.5 Å². The van der Waals surface area contributed by atoms with E-state index in [1.165, 1.54) is 0 Å². The van der Waals surface area contributed by atoms with Gasteiger partial charge in [-0.1, -0.05) is 31.8 Å². The average Bonchev–Trinajstić information content (AvgIpc) is 2.62. The fraction of sp³-hybridized carbons (Fsp3) is 0.696. The van der Waals surface area contributed by atoms with Crippen LogP contribution in [0, 0.1) is 0 Å². The summed E-state index contributed by atoms with van der Waals surface area (Å²) >= 11 is 0. The highest BCUT2D eigenvalue weighted by atomic mass is 28.3. The molecular formula is C23H40N2O4Si. The number of rotatable bonds is 9. The van der Waals surface area contributed by atoms with E-state index in [1.807, 2.05) is 45.0 Å². The summed E-state index contributed by atoms with van der Waals surface area (Å²) in [5.74, 6) is 0.819. The van der Waals surface area contributed by atoms with Gasteiger partial charge in [-0.25, -0.2) is 4.79 Å². The molecule has 7 heteroatoms. The van der Waals surface area contributed by atoms with Gasteiger partial charge in [0.2, 0.25) is 0 Å². The van der Waals surface area contributed by atoms with Crippen molar-refractivity contribution in [1.82, 2.24) is 5.32 Å².